The first-order chi connectivity index (χ1) is 6.25. The van der Waals surface area contributed by atoms with E-state index >= 15 is 0 Å². The van der Waals surface area contributed by atoms with Gasteiger partial charge in [-0.3, -0.25) is 0 Å². The molecule has 1 aromatic rings. The van der Waals surface area contributed by atoms with Crippen molar-refractivity contribution in [2.75, 3.05) is 0 Å². The number of alkyl halides is 3. The van der Waals surface area contributed by atoms with Gasteiger partial charge in [0.2, 0.25) is 0 Å². The molecule has 0 nitrogen and oxygen atoms in total. The van der Waals surface area contributed by atoms with Crippen LogP contribution in [0.3, 0.4) is 0 Å². The van der Waals surface area contributed by atoms with Gasteiger partial charge in [-0.25, -0.2) is 17.6 Å². The highest BCUT2D eigenvalue weighted by Crippen LogP contribution is 2.35. The second kappa shape index (κ2) is 4.41. The number of hydrogen-bond acceptors (Lipinski definition) is 0. The summed E-state index contributed by atoms with van der Waals surface area (Å²) in [7, 11) is 0. The minimum Gasteiger partial charge on any atom is -0.204 e. The maximum atomic E-state index is 12.4. The minimum atomic E-state index is -5.48. The van der Waals surface area contributed by atoms with Gasteiger partial charge in [-0.05, 0) is 0 Å². The molecular formula is C7H4AlF7. The number of rotatable bonds is 0. The molecule has 84 valence electrons. The molecule has 0 aliphatic heterocycles. The highest BCUT2D eigenvalue weighted by Gasteiger charge is 2.40. The summed E-state index contributed by atoms with van der Waals surface area (Å²) < 4.78 is 85.0. The molecule has 0 atom stereocenters. The lowest BCUT2D eigenvalue weighted by Gasteiger charge is -2.09. The Morgan fingerprint density at radius 1 is 0.800 bits per heavy atom. The quantitative estimate of drug-likeness (QED) is 0.374. The summed E-state index contributed by atoms with van der Waals surface area (Å²) in [6.07, 6.45) is -5.48. The molecule has 0 radical (unpaired) electrons. The summed E-state index contributed by atoms with van der Waals surface area (Å²) in [5.74, 6) is -9.07. The van der Waals surface area contributed by atoms with Gasteiger partial charge in [0.05, 0.1) is 0 Å². The fourth-order valence-electron chi connectivity index (χ4n) is 0.822. The van der Waals surface area contributed by atoms with Gasteiger partial charge in [0, 0.05) is 6.07 Å². The molecule has 0 aromatic heterocycles. The van der Waals surface area contributed by atoms with E-state index in [0.29, 0.717) is 0 Å². The summed E-state index contributed by atoms with van der Waals surface area (Å²) in [5, 5.41) is 0. The van der Waals surface area contributed by atoms with Gasteiger partial charge in [-0.2, -0.15) is 13.2 Å². The molecule has 0 spiro atoms. The second-order valence-corrected chi connectivity index (χ2v) is 2.34. The molecule has 1 rings (SSSR count). The molecule has 15 heavy (non-hydrogen) atoms. The van der Waals surface area contributed by atoms with Crippen LogP contribution in [0.5, 0.6) is 0 Å². The zero-order valence-electron chi connectivity index (χ0n) is 6.22. The van der Waals surface area contributed by atoms with Crippen LogP contribution < -0.4 is 0 Å². The Bertz CT molecular complexity index is 344. The topological polar surface area (TPSA) is 0 Å². The minimum absolute atomic E-state index is 0. The maximum absolute atomic E-state index is 12.4. The van der Waals surface area contributed by atoms with Crippen molar-refractivity contribution >= 4 is 17.4 Å². The van der Waals surface area contributed by atoms with Crippen molar-refractivity contribution in [1.82, 2.24) is 0 Å². The SMILES string of the molecule is Fc1cc(F)c(F)c(C(F)(F)F)c1F.[AlH3]. The van der Waals surface area contributed by atoms with E-state index in [4.69, 9.17) is 0 Å². The molecule has 0 heterocycles. The number of benzene rings is 1. The number of hydrogen-bond donors (Lipinski definition) is 0. The Hall–Kier alpha value is -0.738. The molecule has 0 aliphatic carbocycles. The lowest BCUT2D eigenvalue weighted by atomic mass is 10.1. The lowest BCUT2D eigenvalue weighted by Crippen LogP contribution is -2.14. The van der Waals surface area contributed by atoms with Crippen LogP contribution in [-0.4, -0.2) is 17.4 Å². The molecule has 0 bridgehead atoms. The first-order valence-corrected chi connectivity index (χ1v) is 3.15. The molecule has 0 saturated heterocycles. The smallest absolute Gasteiger partial charge is 0.204 e. The standard InChI is InChI=1S/C7HF7.Al.3H/c8-2-1-3(9)6(11)4(5(2)10)7(12,13)14;;;;/h1H;;;;. The number of halogens is 7. The Morgan fingerprint density at radius 2 is 1.13 bits per heavy atom. The highest BCUT2D eigenvalue weighted by molar-refractivity contribution is 5.75. The Balaban J connectivity index is 0.00000196. The fraction of sp³-hybridized carbons (Fsp3) is 0.143. The van der Waals surface area contributed by atoms with Crippen LogP contribution in [0.4, 0.5) is 30.7 Å². The predicted octanol–water partition coefficient (Wildman–Crippen LogP) is 2.08. The summed E-state index contributed by atoms with van der Waals surface area (Å²) >= 11 is 0. The van der Waals surface area contributed by atoms with Crippen LogP contribution in [0.2, 0.25) is 0 Å². The van der Waals surface area contributed by atoms with Gasteiger partial charge in [0.1, 0.15) is 5.56 Å². The van der Waals surface area contributed by atoms with E-state index in [0.717, 1.165) is 0 Å². The van der Waals surface area contributed by atoms with E-state index in [1.54, 1.807) is 0 Å². The van der Waals surface area contributed by atoms with Crippen LogP contribution in [0.1, 0.15) is 5.56 Å². The summed E-state index contributed by atoms with van der Waals surface area (Å²) in [6, 6.07) is -0.292. The van der Waals surface area contributed by atoms with Gasteiger partial charge in [-0.15, -0.1) is 0 Å². The van der Waals surface area contributed by atoms with Crippen LogP contribution in [0.15, 0.2) is 6.07 Å². The van der Waals surface area contributed by atoms with E-state index in [-0.39, 0.29) is 23.4 Å². The fourth-order valence-corrected chi connectivity index (χ4v) is 0.822. The summed E-state index contributed by atoms with van der Waals surface area (Å²) in [6.45, 7) is 0. The van der Waals surface area contributed by atoms with Crippen molar-refractivity contribution in [3.05, 3.63) is 34.9 Å². The van der Waals surface area contributed by atoms with Crippen molar-refractivity contribution in [1.29, 1.82) is 0 Å². The monoisotopic (exact) mass is 248 g/mol. The molecule has 0 fully saturated rings. The third-order valence-corrected chi connectivity index (χ3v) is 1.40. The zero-order valence-corrected chi connectivity index (χ0v) is 6.22. The highest BCUT2D eigenvalue weighted by atomic mass is 27.0. The van der Waals surface area contributed by atoms with Gasteiger partial charge in [0.25, 0.3) is 0 Å². The molecule has 8 heteroatoms. The molecule has 0 N–H and O–H groups in total. The molecular weight excluding hydrogens is 244 g/mol. The molecule has 0 unspecified atom stereocenters. The average Bonchev–Trinajstić information content (AvgIpc) is 1.98. The lowest BCUT2D eigenvalue weighted by molar-refractivity contribution is -0.143. The van der Waals surface area contributed by atoms with Crippen molar-refractivity contribution in [3.63, 3.8) is 0 Å². The van der Waals surface area contributed by atoms with Crippen LogP contribution >= 0.6 is 0 Å². The van der Waals surface area contributed by atoms with Gasteiger partial charge >= 0.3 is 6.18 Å². The summed E-state index contributed by atoms with van der Waals surface area (Å²) in [4.78, 5) is 0. The van der Waals surface area contributed by atoms with Crippen LogP contribution in [0.25, 0.3) is 0 Å². The van der Waals surface area contributed by atoms with Crippen LogP contribution in [0, 0.1) is 23.3 Å². The maximum Gasteiger partial charge on any atom is 0.422 e. The summed E-state index contributed by atoms with van der Waals surface area (Å²) in [5.41, 5.74) is -2.56. The van der Waals surface area contributed by atoms with E-state index < -0.39 is 35.0 Å². The van der Waals surface area contributed by atoms with Crippen molar-refractivity contribution in [2.24, 2.45) is 0 Å². The largest absolute Gasteiger partial charge is 0.422 e. The second-order valence-electron chi connectivity index (χ2n) is 2.34. The van der Waals surface area contributed by atoms with Gasteiger partial charge in [-0.1, -0.05) is 0 Å². The average molecular weight is 248 g/mol. The van der Waals surface area contributed by atoms with Crippen LogP contribution in [-0.2, 0) is 6.18 Å². The van der Waals surface area contributed by atoms with Gasteiger partial charge in [0.15, 0.2) is 40.6 Å². The molecule has 0 saturated carbocycles. The van der Waals surface area contributed by atoms with E-state index in [9.17, 15) is 30.7 Å². The predicted molar refractivity (Wildman–Crippen MR) is 41.2 cm³/mol. The molecule has 0 aliphatic rings. The van der Waals surface area contributed by atoms with Crippen molar-refractivity contribution in [3.8, 4) is 0 Å². The van der Waals surface area contributed by atoms with Crippen molar-refractivity contribution in [2.45, 2.75) is 6.18 Å². The third-order valence-electron chi connectivity index (χ3n) is 1.40. The molecule has 0 amide bonds. The van der Waals surface area contributed by atoms with E-state index in [1.807, 2.05) is 0 Å². The normalized spacial score (nSPS) is 11.1. The third kappa shape index (κ3) is 2.64. The first-order valence-electron chi connectivity index (χ1n) is 3.15. The van der Waals surface area contributed by atoms with E-state index in [1.165, 1.54) is 0 Å². The van der Waals surface area contributed by atoms with E-state index in [2.05, 4.69) is 0 Å². The Labute approximate surface area is 89.8 Å². The molecule has 1 aromatic carbocycles. The van der Waals surface area contributed by atoms with Gasteiger partial charge < -0.3 is 0 Å². The Morgan fingerprint density at radius 3 is 1.40 bits per heavy atom. The zero-order chi connectivity index (χ0) is 11.1. The van der Waals surface area contributed by atoms with Crippen molar-refractivity contribution < 1.29 is 30.7 Å². The first kappa shape index (κ1) is 14.3. The Kier molecular flexibility index (Phi) is 4.19.